The molecule has 0 radical (unpaired) electrons. The van der Waals surface area contributed by atoms with E-state index in [2.05, 4.69) is 37.4 Å². The summed E-state index contributed by atoms with van der Waals surface area (Å²) < 4.78 is 7.73. The molecule has 1 aromatic heterocycles. The van der Waals surface area contributed by atoms with Gasteiger partial charge in [0.2, 0.25) is 0 Å². The molecule has 1 aliphatic rings. The third-order valence-electron chi connectivity index (χ3n) is 4.07. The first-order valence-corrected chi connectivity index (χ1v) is 7.60. The highest BCUT2D eigenvalue weighted by Crippen LogP contribution is 2.26. The Hall–Kier alpha value is -0.870. The number of aryl methyl sites for hydroxylation is 1. The van der Waals surface area contributed by atoms with Crippen molar-refractivity contribution in [1.82, 2.24) is 15.1 Å². The average molecular weight is 265 g/mol. The Morgan fingerprint density at radius 2 is 2.37 bits per heavy atom. The van der Waals surface area contributed by atoms with Gasteiger partial charge in [0, 0.05) is 31.3 Å². The van der Waals surface area contributed by atoms with Gasteiger partial charge >= 0.3 is 0 Å². The normalized spacial score (nSPS) is 24.8. The van der Waals surface area contributed by atoms with Crippen LogP contribution in [0.3, 0.4) is 0 Å². The molecule has 0 saturated carbocycles. The lowest BCUT2D eigenvalue weighted by molar-refractivity contribution is 0.0954. The van der Waals surface area contributed by atoms with E-state index in [0.717, 1.165) is 26.1 Å². The molecule has 4 nitrogen and oxygen atoms in total. The van der Waals surface area contributed by atoms with Crippen molar-refractivity contribution >= 4 is 0 Å². The third-order valence-corrected chi connectivity index (χ3v) is 4.07. The zero-order valence-corrected chi connectivity index (χ0v) is 12.4. The monoisotopic (exact) mass is 265 g/mol. The van der Waals surface area contributed by atoms with E-state index in [1.807, 2.05) is 10.9 Å². The molecule has 1 aliphatic heterocycles. The van der Waals surface area contributed by atoms with Gasteiger partial charge in [0.1, 0.15) is 0 Å². The van der Waals surface area contributed by atoms with Crippen molar-refractivity contribution in [1.29, 1.82) is 0 Å². The van der Waals surface area contributed by atoms with Crippen LogP contribution in [-0.4, -0.2) is 35.1 Å². The molecule has 2 rings (SSSR count). The second-order valence-corrected chi connectivity index (χ2v) is 5.50. The summed E-state index contributed by atoms with van der Waals surface area (Å²) in [6.07, 6.45) is 7.94. The lowest BCUT2D eigenvalue weighted by Crippen LogP contribution is -2.41. The van der Waals surface area contributed by atoms with Crippen molar-refractivity contribution in [2.24, 2.45) is 5.92 Å². The molecule has 1 saturated heterocycles. The summed E-state index contributed by atoms with van der Waals surface area (Å²) in [6.45, 7) is 9.47. The Morgan fingerprint density at radius 1 is 1.53 bits per heavy atom. The van der Waals surface area contributed by atoms with Crippen LogP contribution in [0.2, 0.25) is 0 Å². The van der Waals surface area contributed by atoms with E-state index in [1.54, 1.807) is 0 Å². The summed E-state index contributed by atoms with van der Waals surface area (Å²) >= 11 is 0. The van der Waals surface area contributed by atoms with Crippen molar-refractivity contribution in [3.8, 4) is 0 Å². The lowest BCUT2D eigenvalue weighted by atomic mass is 9.89. The van der Waals surface area contributed by atoms with E-state index < -0.39 is 0 Å². The predicted molar refractivity (Wildman–Crippen MR) is 77.2 cm³/mol. The van der Waals surface area contributed by atoms with Crippen molar-refractivity contribution in [3.63, 3.8) is 0 Å². The quantitative estimate of drug-likeness (QED) is 0.822. The van der Waals surface area contributed by atoms with Gasteiger partial charge in [0.25, 0.3) is 0 Å². The van der Waals surface area contributed by atoms with Crippen LogP contribution in [0.25, 0.3) is 0 Å². The Labute approximate surface area is 116 Å². The topological polar surface area (TPSA) is 39.1 Å². The molecule has 1 fully saturated rings. The molecule has 0 bridgehead atoms. The van der Waals surface area contributed by atoms with Crippen LogP contribution >= 0.6 is 0 Å². The van der Waals surface area contributed by atoms with Crippen LogP contribution in [0.4, 0.5) is 0 Å². The fourth-order valence-electron chi connectivity index (χ4n) is 2.92. The van der Waals surface area contributed by atoms with Gasteiger partial charge in [-0.05, 0) is 45.2 Å². The molecule has 3 atom stereocenters. The van der Waals surface area contributed by atoms with Crippen LogP contribution in [0.1, 0.15) is 39.2 Å². The maximum atomic E-state index is 5.73. The highest BCUT2D eigenvalue weighted by Gasteiger charge is 2.31. The SMILES string of the molecule is CCCNC(Cc1cnn(CC)c1)C1CCOC1C. The van der Waals surface area contributed by atoms with Gasteiger partial charge in [0.15, 0.2) is 0 Å². The van der Waals surface area contributed by atoms with E-state index in [9.17, 15) is 0 Å². The first-order chi connectivity index (χ1) is 9.24. The average Bonchev–Trinajstić information content (AvgIpc) is 3.03. The maximum absolute atomic E-state index is 5.73. The summed E-state index contributed by atoms with van der Waals surface area (Å²) in [5.41, 5.74) is 1.33. The fraction of sp³-hybridized carbons (Fsp3) is 0.800. The van der Waals surface area contributed by atoms with Gasteiger partial charge in [0.05, 0.1) is 12.3 Å². The molecule has 1 aromatic rings. The van der Waals surface area contributed by atoms with E-state index in [1.165, 1.54) is 18.4 Å². The van der Waals surface area contributed by atoms with Gasteiger partial charge < -0.3 is 10.1 Å². The minimum atomic E-state index is 0.371. The Bertz CT molecular complexity index is 377. The van der Waals surface area contributed by atoms with Gasteiger partial charge in [-0.3, -0.25) is 4.68 Å². The molecule has 3 unspecified atom stereocenters. The van der Waals surface area contributed by atoms with Gasteiger partial charge in [-0.1, -0.05) is 6.92 Å². The van der Waals surface area contributed by atoms with E-state index >= 15 is 0 Å². The van der Waals surface area contributed by atoms with E-state index in [-0.39, 0.29) is 0 Å². The molecule has 1 N–H and O–H groups in total. The highest BCUT2D eigenvalue weighted by atomic mass is 16.5. The van der Waals surface area contributed by atoms with Crippen LogP contribution in [0, 0.1) is 5.92 Å². The second-order valence-electron chi connectivity index (χ2n) is 5.50. The molecule has 19 heavy (non-hydrogen) atoms. The smallest absolute Gasteiger partial charge is 0.0590 e. The summed E-state index contributed by atoms with van der Waals surface area (Å²) in [7, 11) is 0. The summed E-state index contributed by atoms with van der Waals surface area (Å²) in [4.78, 5) is 0. The third kappa shape index (κ3) is 3.80. The molecule has 0 spiro atoms. The standard InChI is InChI=1S/C15H27N3O/c1-4-7-16-15(14-6-8-19-12(14)3)9-13-10-17-18(5-2)11-13/h10-12,14-16H,4-9H2,1-3H3. The maximum Gasteiger partial charge on any atom is 0.0590 e. The Balaban J connectivity index is 2.00. The van der Waals surface area contributed by atoms with Crippen LogP contribution in [0.5, 0.6) is 0 Å². The minimum absolute atomic E-state index is 0.371. The van der Waals surface area contributed by atoms with Gasteiger partial charge in [-0.2, -0.15) is 5.10 Å². The number of ether oxygens (including phenoxy) is 1. The summed E-state index contributed by atoms with van der Waals surface area (Å²) in [6, 6.07) is 0.506. The summed E-state index contributed by atoms with van der Waals surface area (Å²) in [5.74, 6) is 0.622. The van der Waals surface area contributed by atoms with Crippen LogP contribution in [-0.2, 0) is 17.7 Å². The van der Waals surface area contributed by atoms with Crippen molar-refractivity contribution in [2.75, 3.05) is 13.2 Å². The number of aromatic nitrogens is 2. The number of hydrogen-bond acceptors (Lipinski definition) is 3. The number of hydrogen-bond donors (Lipinski definition) is 1. The molecule has 2 heterocycles. The zero-order chi connectivity index (χ0) is 13.7. The lowest BCUT2D eigenvalue weighted by Gasteiger charge is -2.26. The molecular formula is C15H27N3O. The summed E-state index contributed by atoms with van der Waals surface area (Å²) in [5, 5.41) is 8.07. The zero-order valence-electron chi connectivity index (χ0n) is 12.4. The number of nitrogens with zero attached hydrogens (tertiary/aromatic N) is 2. The minimum Gasteiger partial charge on any atom is -0.378 e. The van der Waals surface area contributed by atoms with Crippen molar-refractivity contribution in [3.05, 3.63) is 18.0 Å². The Morgan fingerprint density at radius 3 is 2.95 bits per heavy atom. The molecule has 0 aromatic carbocycles. The van der Waals surface area contributed by atoms with E-state index in [0.29, 0.717) is 18.1 Å². The predicted octanol–water partition coefficient (Wildman–Crippen LogP) is 2.24. The first kappa shape index (κ1) is 14.5. The van der Waals surface area contributed by atoms with Gasteiger partial charge in [-0.15, -0.1) is 0 Å². The fourth-order valence-corrected chi connectivity index (χ4v) is 2.92. The number of rotatable bonds is 7. The van der Waals surface area contributed by atoms with Crippen molar-refractivity contribution < 1.29 is 4.74 Å². The molecule has 0 aliphatic carbocycles. The van der Waals surface area contributed by atoms with Crippen LogP contribution < -0.4 is 5.32 Å². The highest BCUT2D eigenvalue weighted by molar-refractivity contribution is 5.07. The first-order valence-electron chi connectivity index (χ1n) is 7.60. The number of nitrogens with one attached hydrogen (secondary N) is 1. The van der Waals surface area contributed by atoms with E-state index in [4.69, 9.17) is 4.74 Å². The largest absolute Gasteiger partial charge is 0.378 e. The van der Waals surface area contributed by atoms with Crippen LogP contribution in [0.15, 0.2) is 12.4 Å². The van der Waals surface area contributed by atoms with Crippen molar-refractivity contribution in [2.45, 2.75) is 58.7 Å². The Kier molecular flexibility index (Phi) is 5.40. The molecule has 4 heteroatoms. The molecule has 0 amide bonds. The molecule has 108 valence electrons. The molecular weight excluding hydrogens is 238 g/mol. The second kappa shape index (κ2) is 7.06. The van der Waals surface area contributed by atoms with Gasteiger partial charge in [-0.25, -0.2) is 0 Å².